The second kappa shape index (κ2) is 5.28. The minimum atomic E-state index is 0. The lowest BCUT2D eigenvalue weighted by Gasteiger charge is -2.24. The number of thioether (sulfide) groups is 1. The van der Waals surface area contributed by atoms with Gasteiger partial charge in [-0.15, -0.1) is 11.8 Å². The van der Waals surface area contributed by atoms with Crippen LogP contribution in [0.4, 0.5) is 0 Å². The van der Waals surface area contributed by atoms with Crippen molar-refractivity contribution in [2.24, 2.45) is 0 Å². The first-order valence-corrected chi connectivity index (χ1v) is 4.84. The van der Waals surface area contributed by atoms with Crippen LogP contribution in [-0.2, 0) is 0 Å². The summed E-state index contributed by atoms with van der Waals surface area (Å²) in [6.07, 6.45) is 1.33. The zero-order valence-corrected chi connectivity index (χ0v) is 8.21. The van der Waals surface area contributed by atoms with E-state index >= 15 is 0 Å². The minimum Gasteiger partial charge on any atom is -1.00 e. The van der Waals surface area contributed by atoms with Gasteiger partial charge in [0, 0.05) is 5.75 Å². The molecule has 1 aliphatic rings. The second-order valence-electron chi connectivity index (χ2n) is 2.67. The highest BCUT2D eigenvalue weighted by atomic mass is 35.5. The van der Waals surface area contributed by atoms with E-state index in [2.05, 4.69) is 30.9 Å². The van der Waals surface area contributed by atoms with Gasteiger partial charge in [-0.3, -0.25) is 0 Å². The van der Waals surface area contributed by atoms with Crippen molar-refractivity contribution in [3.63, 3.8) is 0 Å². The van der Waals surface area contributed by atoms with E-state index in [0.717, 1.165) is 11.3 Å². The van der Waals surface area contributed by atoms with Crippen molar-refractivity contribution in [2.45, 2.75) is 31.6 Å². The fourth-order valence-electron chi connectivity index (χ4n) is 1.35. The van der Waals surface area contributed by atoms with Crippen LogP contribution >= 0.6 is 11.8 Å². The number of hydrogen-bond donors (Lipinski definition) is 1. The molecule has 1 aliphatic heterocycles. The third kappa shape index (κ3) is 2.69. The van der Waals surface area contributed by atoms with Gasteiger partial charge in [-0.2, -0.15) is 0 Å². The maximum absolute atomic E-state index is 2.49. The van der Waals surface area contributed by atoms with E-state index in [0.29, 0.717) is 0 Å². The molecular weight excluding hydrogens is 166 g/mol. The number of nitrogens with two attached hydrogens (primary N) is 1. The summed E-state index contributed by atoms with van der Waals surface area (Å²) >= 11 is 2.12. The summed E-state index contributed by atoms with van der Waals surface area (Å²) in [5, 5.41) is 3.37. The summed E-state index contributed by atoms with van der Waals surface area (Å²) in [6.45, 7) is 5.95. The SMILES string of the molecule is CCC1[NH2+]CCS[C@H]1C.[Cl-]. The molecule has 1 rings (SSSR count). The van der Waals surface area contributed by atoms with Crippen LogP contribution in [0, 0.1) is 0 Å². The third-order valence-corrected chi connectivity index (χ3v) is 3.39. The molecule has 10 heavy (non-hydrogen) atoms. The molecule has 2 atom stereocenters. The van der Waals surface area contributed by atoms with Gasteiger partial charge >= 0.3 is 0 Å². The Morgan fingerprint density at radius 3 is 2.70 bits per heavy atom. The van der Waals surface area contributed by atoms with E-state index < -0.39 is 0 Å². The van der Waals surface area contributed by atoms with Gasteiger partial charge in [-0.25, -0.2) is 0 Å². The molecule has 0 amide bonds. The average Bonchev–Trinajstić information content (AvgIpc) is 1.89. The zero-order chi connectivity index (χ0) is 6.69. The molecule has 3 heteroatoms. The van der Waals surface area contributed by atoms with Crippen molar-refractivity contribution < 1.29 is 17.7 Å². The molecule has 0 aromatic rings. The maximum atomic E-state index is 2.49. The van der Waals surface area contributed by atoms with Crippen LogP contribution in [0.1, 0.15) is 20.3 Å². The first kappa shape index (κ1) is 10.6. The van der Waals surface area contributed by atoms with E-state index in [1.54, 1.807) is 0 Å². The summed E-state index contributed by atoms with van der Waals surface area (Å²) in [7, 11) is 0. The normalized spacial score (nSPS) is 33.0. The molecule has 0 aromatic carbocycles. The molecule has 0 aromatic heterocycles. The smallest absolute Gasteiger partial charge is 0.0974 e. The predicted octanol–water partition coefficient (Wildman–Crippen LogP) is -2.53. The van der Waals surface area contributed by atoms with Crippen LogP contribution in [-0.4, -0.2) is 23.6 Å². The lowest BCUT2D eigenvalue weighted by atomic mass is 10.1. The molecule has 1 heterocycles. The second-order valence-corrected chi connectivity index (χ2v) is 4.16. The molecule has 0 bridgehead atoms. The number of quaternary nitrogens is 1. The van der Waals surface area contributed by atoms with Gasteiger partial charge in [0.25, 0.3) is 0 Å². The first-order valence-electron chi connectivity index (χ1n) is 3.79. The fourth-order valence-corrected chi connectivity index (χ4v) is 2.54. The Hall–Kier alpha value is 0.600. The highest BCUT2D eigenvalue weighted by Crippen LogP contribution is 2.15. The molecule has 1 saturated heterocycles. The van der Waals surface area contributed by atoms with Crippen LogP contribution in [0.5, 0.6) is 0 Å². The summed E-state index contributed by atoms with van der Waals surface area (Å²) in [4.78, 5) is 0. The maximum Gasteiger partial charge on any atom is 0.0974 e. The van der Waals surface area contributed by atoms with E-state index in [1.165, 1.54) is 18.7 Å². The molecule has 62 valence electrons. The largest absolute Gasteiger partial charge is 1.00 e. The van der Waals surface area contributed by atoms with Crippen LogP contribution < -0.4 is 17.7 Å². The number of hydrogen-bond acceptors (Lipinski definition) is 1. The van der Waals surface area contributed by atoms with Crippen molar-refractivity contribution in [3.05, 3.63) is 0 Å². The van der Waals surface area contributed by atoms with Crippen molar-refractivity contribution in [3.8, 4) is 0 Å². The summed E-state index contributed by atoms with van der Waals surface area (Å²) in [5.41, 5.74) is 0. The topological polar surface area (TPSA) is 16.6 Å². The molecular formula is C7H16ClNS. The van der Waals surface area contributed by atoms with Crippen LogP contribution in [0.25, 0.3) is 0 Å². The van der Waals surface area contributed by atoms with E-state index in [4.69, 9.17) is 0 Å². The molecule has 0 radical (unpaired) electrons. The van der Waals surface area contributed by atoms with Gasteiger partial charge in [0.05, 0.1) is 17.8 Å². The number of halogens is 1. The highest BCUT2D eigenvalue weighted by Gasteiger charge is 2.22. The molecule has 0 aliphatic carbocycles. The van der Waals surface area contributed by atoms with E-state index in [1.807, 2.05) is 0 Å². The standard InChI is InChI=1S/C7H15NS.ClH/c1-3-7-6(2)9-5-4-8-7;/h6-8H,3-5H2,1-2H3;1H/t6-,7?;/m0./s1. The van der Waals surface area contributed by atoms with Crippen LogP contribution in [0.15, 0.2) is 0 Å². The van der Waals surface area contributed by atoms with Crippen molar-refractivity contribution in [1.29, 1.82) is 0 Å². The third-order valence-electron chi connectivity index (χ3n) is 2.04. The van der Waals surface area contributed by atoms with Crippen molar-refractivity contribution in [2.75, 3.05) is 12.3 Å². The first-order chi connectivity index (χ1) is 4.34. The van der Waals surface area contributed by atoms with Crippen molar-refractivity contribution in [1.82, 2.24) is 0 Å². The molecule has 0 saturated carbocycles. The van der Waals surface area contributed by atoms with E-state index in [-0.39, 0.29) is 12.4 Å². The van der Waals surface area contributed by atoms with Gasteiger partial charge < -0.3 is 17.7 Å². The Kier molecular flexibility index (Phi) is 5.59. The zero-order valence-electron chi connectivity index (χ0n) is 6.64. The van der Waals surface area contributed by atoms with Gasteiger partial charge in [0.2, 0.25) is 0 Å². The van der Waals surface area contributed by atoms with Crippen molar-refractivity contribution >= 4 is 11.8 Å². The Morgan fingerprint density at radius 2 is 2.30 bits per heavy atom. The number of rotatable bonds is 1. The monoisotopic (exact) mass is 181 g/mol. The average molecular weight is 182 g/mol. The van der Waals surface area contributed by atoms with Crippen LogP contribution in [0.2, 0.25) is 0 Å². The summed E-state index contributed by atoms with van der Waals surface area (Å²) in [6, 6.07) is 0.892. The van der Waals surface area contributed by atoms with Gasteiger partial charge in [0.15, 0.2) is 0 Å². The fraction of sp³-hybridized carbons (Fsp3) is 1.00. The Labute approximate surface area is 73.7 Å². The van der Waals surface area contributed by atoms with Crippen LogP contribution in [0.3, 0.4) is 0 Å². The Morgan fingerprint density at radius 1 is 1.60 bits per heavy atom. The Balaban J connectivity index is 0.000000810. The van der Waals surface area contributed by atoms with Gasteiger partial charge in [0.1, 0.15) is 0 Å². The summed E-state index contributed by atoms with van der Waals surface area (Å²) < 4.78 is 0. The molecule has 1 unspecified atom stereocenters. The molecule has 0 spiro atoms. The van der Waals surface area contributed by atoms with Gasteiger partial charge in [-0.05, 0) is 13.3 Å². The highest BCUT2D eigenvalue weighted by molar-refractivity contribution is 7.99. The molecule has 1 nitrogen and oxygen atoms in total. The van der Waals surface area contributed by atoms with Gasteiger partial charge in [-0.1, -0.05) is 6.92 Å². The quantitative estimate of drug-likeness (QED) is 0.472. The molecule has 2 N–H and O–H groups in total. The molecule has 1 fully saturated rings. The lowest BCUT2D eigenvalue weighted by Crippen LogP contribution is -3.00. The van der Waals surface area contributed by atoms with E-state index in [9.17, 15) is 0 Å². The lowest BCUT2D eigenvalue weighted by molar-refractivity contribution is -0.687. The summed E-state index contributed by atoms with van der Waals surface area (Å²) in [5.74, 6) is 1.34. The Bertz CT molecular complexity index is 89.7. The predicted molar refractivity (Wildman–Crippen MR) is 42.8 cm³/mol. The minimum absolute atomic E-state index is 0.